The molecule has 5 heteroatoms. The van der Waals surface area contributed by atoms with Gasteiger partial charge in [0, 0.05) is 38.1 Å². The molecule has 1 saturated heterocycles. The second-order valence-electron chi connectivity index (χ2n) is 7.38. The van der Waals surface area contributed by atoms with Crippen LogP contribution in [0.2, 0.25) is 0 Å². The Kier molecular flexibility index (Phi) is 4.90. The van der Waals surface area contributed by atoms with Crippen LogP contribution in [0, 0.1) is 19.7 Å². The minimum absolute atomic E-state index is 0.00831. The fraction of sp³-hybridized carbons (Fsp3) is 0.261. The first-order valence-electron chi connectivity index (χ1n) is 9.57. The molecule has 0 unspecified atom stereocenters. The molecule has 0 radical (unpaired) electrons. The summed E-state index contributed by atoms with van der Waals surface area (Å²) < 4.78 is 13.1. The highest BCUT2D eigenvalue weighted by Gasteiger charge is 2.24. The third-order valence-corrected chi connectivity index (χ3v) is 5.36. The second-order valence-corrected chi connectivity index (χ2v) is 7.38. The van der Waals surface area contributed by atoms with Crippen molar-refractivity contribution in [1.82, 2.24) is 9.88 Å². The van der Waals surface area contributed by atoms with Crippen molar-refractivity contribution < 1.29 is 9.18 Å². The van der Waals surface area contributed by atoms with Crippen LogP contribution >= 0.6 is 0 Å². The summed E-state index contributed by atoms with van der Waals surface area (Å²) in [5.74, 6) is -0.258. The Hall–Kier alpha value is -3.08. The number of nitrogens with one attached hydrogen (secondary N) is 1. The number of H-pyrrole nitrogens is 1. The normalized spacial score (nSPS) is 14.4. The Labute approximate surface area is 164 Å². The van der Waals surface area contributed by atoms with Crippen molar-refractivity contribution >= 4 is 11.6 Å². The lowest BCUT2D eigenvalue weighted by molar-refractivity contribution is 0.0741. The predicted molar refractivity (Wildman–Crippen MR) is 110 cm³/mol. The average Bonchev–Trinajstić information content (AvgIpc) is 3.20. The first-order chi connectivity index (χ1) is 13.5. The van der Waals surface area contributed by atoms with E-state index >= 15 is 0 Å². The number of hydrogen-bond acceptors (Lipinski definition) is 2. The zero-order valence-electron chi connectivity index (χ0n) is 16.2. The number of hydrogen-bond donors (Lipinski definition) is 1. The van der Waals surface area contributed by atoms with E-state index in [4.69, 9.17) is 0 Å². The lowest BCUT2D eigenvalue weighted by Crippen LogP contribution is -2.49. The third kappa shape index (κ3) is 3.65. The molecule has 0 spiro atoms. The quantitative estimate of drug-likeness (QED) is 0.735. The van der Waals surface area contributed by atoms with Crippen molar-refractivity contribution in [3.8, 4) is 11.1 Å². The summed E-state index contributed by atoms with van der Waals surface area (Å²) in [6.45, 7) is 7.26. The van der Waals surface area contributed by atoms with Gasteiger partial charge in [-0.3, -0.25) is 4.79 Å². The highest BCUT2D eigenvalue weighted by atomic mass is 19.1. The Bertz CT molecular complexity index is 985. The van der Waals surface area contributed by atoms with E-state index in [1.807, 2.05) is 11.0 Å². The summed E-state index contributed by atoms with van der Waals surface area (Å²) in [6.07, 6.45) is 1.80. The van der Waals surface area contributed by atoms with Gasteiger partial charge in [-0.15, -0.1) is 0 Å². The van der Waals surface area contributed by atoms with Gasteiger partial charge in [0.15, 0.2) is 0 Å². The monoisotopic (exact) mass is 377 g/mol. The Morgan fingerprint density at radius 1 is 0.929 bits per heavy atom. The molecule has 2 aromatic carbocycles. The van der Waals surface area contributed by atoms with Gasteiger partial charge in [-0.25, -0.2) is 4.39 Å². The molecule has 1 aliphatic heterocycles. The van der Waals surface area contributed by atoms with Crippen LogP contribution in [0.5, 0.6) is 0 Å². The van der Waals surface area contributed by atoms with E-state index in [1.165, 1.54) is 28.9 Å². The fourth-order valence-electron chi connectivity index (χ4n) is 3.71. The summed E-state index contributed by atoms with van der Waals surface area (Å²) >= 11 is 0. The van der Waals surface area contributed by atoms with Gasteiger partial charge >= 0.3 is 0 Å². The molecule has 144 valence electrons. The zero-order chi connectivity index (χ0) is 19.7. The summed E-state index contributed by atoms with van der Waals surface area (Å²) in [7, 11) is 0. The minimum atomic E-state index is -0.266. The number of carbonyl (C=O) groups is 1. The number of aryl methyl sites for hydroxylation is 2. The summed E-state index contributed by atoms with van der Waals surface area (Å²) in [4.78, 5) is 20.2. The number of piperazine rings is 1. The molecule has 0 atom stereocenters. The Morgan fingerprint density at radius 2 is 1.64 bits per heavy atom. The molecule has 0 saturated carbocycles. The number of aromatic nitrogens is 1. The van der Waals surface area contributed by atoms with Gasteiger partial charge in [-0.05, 0) is 60.4 Å². The largest absolute Gasteiger partial charge is 0.368 e. The molecule has 4 nitrogen and oxygen atoms in total. The van der Waals surface area contributed by atoms with Crippen LogP contribution < -0.4 is 4.90 Å². The smallest absolute Gasteiger partial charge is 0.270 e. The number of halogens is 1. The van der Waals surface area contributed by atoms with Gasteiger partial charge in [0.1, 0.15) is 11.5 Å². The first-order valence-corrected chi connectivity index (χ1v) is 9.57. The van der Waals surface area contributed by atoms with Crippen LogP contribution in [-0.4, -0.2) is 42.0 Å². The topological polar surface area (TPSA) is 39.3 Å². The van der Waals surface area contributed by atoms with Crippen LogP contribution in [0.25, 0.3) is 11.1 Å². The molecule has 1 aliphatic rings. The zero-order valence-corrected chi connectivity index (χ0v) is 16.2. The number of anilines is 1. The van der Waals surface area contributed by atoms with E-state index in [0.29, 0.717) is 18.8 Å². The molecule has 1 N–H and O–H groups in total. The fourth-order valence-corrected chi connectivity index (χ4v) is 3.71. The van der Waals surface area contributed by atoms with E-state index in [-0.39, 0.29) is 11.7 Å². The maximum Gasteiger partial charge on any atom is 0.270 e. The maximum absolute atomic E-state index is 13.1. The van der Waals surface area contributed by atoms with Crippen LogP contribution in [0.15, 0.2) is 54.7 Å². The highest BCUT2D eigenvalue weighted by molar-refractivity contribution is 5.94. The molecule has 2 heterocycles. The molecule has 4 rings (SSSR count). The van der Waals surface area contributed by atoms with Crippen molar-refractivity contribution in [3.05, 3.63) is 77.4 Å². The average molecular weight is 377 g/mol. The van der Waals surface area contributed by atoms with Gasteiger partial charge in [-0.2, -0.15) is 0 Å². The Morgan fingerprint density at radius 3 is 2.36 bits per heavy atom. The molecule has 1 fully saturated rings. The second kappa shape index (κ2) is 7.50. The van der Waals surface area contributed by atoms with Crippen molar-refractivity contribution in [2.24, 2.45) is 0 Å². The van der Waals surface area contributed by atoms with Gasteiger partial charge < -0.3 is 14.8 Å². The lowest BCUT2D eigenvalue weighted by atomic mass is 10.1. The van der Waals surface area contributed by atoms with Gasteiger partial charge in [-0.1, -0.05) is 24.3 Å². The van der Waals surface area contributed by atoms with Crippen LogP contribution in [0.3, 0.4) is 0 Å². The Balaban J connectivity index is 1.43. The first kappa shape index (κ1) is 18.3. The number of amides is 1. The maximum atomic E-state index is 13.1. The van der Waals surface area contributed by atoms with Gasteiger partial charge in [0.2, 0.25) is 0 Å². The van der Waals surface area contributed by atoms with Crippen molar-refractivity contribution in [1.29, 1.82) is 0 Å². The molecule has 0 aliphatic carbocycles. The standard InChI is InChI=1S/C23H24FN3O/c1-16-3-4-17(2)22(13-16)26-9-11-27(12-10-26)23(28)21-14-19(15-25-21)18-5-7-20(24)8-6-18/h3-8,13-15,25H,9-12H2,1-2H3. The number of rotatable bonds is 3. The molecular weight excluding hydrogens is 353 g/mol. The van der Waals surface area contributed by atoms with Gasteiger partial charge in [0.05, 0.1) is 0 Å². The molecular formula is C23H24FN3O. The number of benzene rings is 2. The summed E-state index contributed by atoms with van der Waals surface area (Å²) in [6, 6.07) is 14.6. The number of aromatic amines is 1. The molecule has 1 aromatic heterocycles. The molecule has 3 aromatic rings. The third-order valence-electron chi connectivity index (χ3n) is 5.36. The predicted octanol–water partition coefficient (Wildman–Crippen LogP) is 4.40. The SMILES string of the molecule is Cc1ccc(C)c(N2CCN(C(=O)c3cc(-c4ccc(F)cc4)c[nH]3)CC2)c1. The minimum Gasteiger partial charge on any atom is -0.368 e. The highest BCUT2D eigenvalue weighted by Crippen LogP contribution is 2.24. The van der Waals surface area contributed by atoms with E-state index < -0.39 is 0 Å². The van der Waals surface area contributed by atoms with Crippen LogP contribution in [-0.2, 0) is 0 Å². The van der Waals surface area contributed by atoms with E-state index in [0.717, 1.165) is 24.2 Å². The van der Waals surface area contributed by atoms with Crippen molar-refractivity contribution in [2.45, 2.75) is 13.8 Å². The van der Waals surface area contributed by atoms with Crippen molar-refractivity contribution in [3.63, 3.8) is 0 Å². The van der Waals surface area contributed by atoms with Crippen LogP contribution in [0.4, 0.5) is 10.1 Å². The summed E-state index contributed by atoms with van der Waals surface area (Å²) in [5, 5.41) is 0. The summed E-state index contributed by atoms with van der Waals surface area (Å²) in [5.41, 5.74) is 6.11. The molecule has 0 bridgehead atoms. The van der Waals surface area contributed by atoms with Gasteiger partial charge in [0.25, 0.3) is 5.91 Å². The van der Waals surface area contributed by atoms with E-state index in [9.17, 15) is 9.18 Å². The van der Waals surface area contributed by atoms with E-state index in [1.54, 1.807) is 18.3 Å². The van der Waals surface area contributed by atoms with Crippen molar-refractivity contribution in [2.75, 3.05) is 31.1 Å². The lowest BCUT2D eigenvalue weighted by Gasteiger charge is -2.36. The molecule has 28 heavy (non-hydrogen) atoms. The molecule has 1 amide bonds. The number of carbonyl (C=O) groups excluding carboxylic acids is 1. The van der Waals surface area contributed by atoms with E-state index in [2.05, 4.69) is 41.9 Å². The van der Waals surface area contributed by atoms with Crippen LogP contribution in [0.1, 0.15) is 21.6 Å². The number of nitrogens with zero attached hydrogens (tertiary/aromatic N) is 2.